The number of hydrogen-bond acceptors (Lipinski definition) is 15. The molecule has 1 fully saturated rings. The minimum atomic E-state index is -1.85. The number of carbonyl (C=O) groups excluding carboxylic acids is 6. The molecule has 9 rings (SSSR count). The van der Waals surface area contributed by atoms with Crippen LogP contribution in [0.2, 0.25) is 0 Å². The lowest BCUT2D eigenvalue weighted by molar-refractivity contribution is -0.167. The summed E-state index contributed by atoms with van der Waals surface area (Å²) in [6.45, 7) is 16.3. The van der Waals surface area contributed by atoms with Gasteiger partial charge in [-0.15, -0.1) is 10.2 Å². The van der Waals surface area contributed by atoms with E-state index in [0.717, 1.165) is 41.0 Å². The number of nitrogens with zero attached hydrogens (tertiary/aromatic N) is 7. The van der Waals surface area contributed by atoms with Crippen molar-refractivity contribution < 1.29 is 57.9 Å². The second kappa shape index (κ2) is 21.8. The maximum Gasteiger partial charge on any atom is 0.514 e. The quantitative estimate of drug-likeness (QED) is 0.0536. The summed E-state index contributed by atoms with van der Waals surface area (Å²) in [5, 5.41) is 33.9. The summed E-state index contributed by atoms with van der Waals surface area (Å²) in [5.74, 6) is -2.70. The Morgan fingerprint density at radius 2 is 1.68 bits per heavy atom. The maximum atomic E-state index is 14.6. The van der Waals surface area contributed by atoms with Gasteiger partial charge in [0.2, 0.25) is 11.4 Å². The van der Waals surface area contributed by atoms with Crippen molar-refractivity contribution in [2.45, 2.75) is 124 Å². The van der Waals surface area contributed by atoms with Gasteiger partial charge in [-0.05, 0) is 125 Å². The number of esters is 1. The van der Waals surface area contributed by atoms with Crippen molar-refractivity contribution in [3.05, 3.63) is 99.5 Å². The van der Waals surface area contributed by atoms with Crippen molar-refractivity contribution in [1.29, 1.82) is 0 Å². The van der Waals surface area contributed by atoms with Crippen molar-refractivity contribution in [2.75, 3.05) is 39.8 Å². The van der Waals surface area contributed by atoms with Crippen LogP contribution >= 0.6 is 0 Å². The van der Waals surface area contributed by atoms with Crippen LogP contribution in [0.15, 0.2) is 65.7 Å². The van der Waals surface area contributed by atoms with Gasteiger partial charge >= 0.3 is 18.2 Å². The van der Waals surface area contributed by atoms with E-state index in [0.29, 0.717) is 85.7 Å². The summed E-state index contributed by atoms with van der Waals surface area (Å²) >= 11 is 0. The molecule has 412 valence electrons. The standard InChI is InChI=1S/C58H68N8O12/c1-10-14-23-63(9)52(70)40-28-39(44(67)29-45(40)68)49-61-62-50(51(69)59-13-4)66(49)35-17-15-33(16-18-35)26-34-21-24-64(25-22-34)55(73)77-58(12-3)46-32(5)48-47-41(30-65(48)53(71)42(46)31-75-54(58)72)37(11-2)38-27-36(19-20-43(38)60-47)76-56(74)78-57(6,7)8/h15-20,27-29,32,34,48,67-68H,10-14,21-26,30-31H2,1-9H3,(H,59,69). The van der Waals surface area contributed by atoms with Crippen molar-refractivity contribution in [3.63, 3.8) is 0 Å². The van der Waals surface area contributed by atoms with Gasteiger partial charge in [-0.2, -0.15) is 0 Å². The van der Waals surface area contributed by atoms with Crippen LogP contribution in [-0.2, 0) is 43.2 Å². The Hall–Kier alpha value is -8.03. The van der Waals surface area contributed by atoms with E-state index in [9.17, 15) is 39.0 Å². The van der Waals surface area contributed by atoms with Crippen LogP contribution in [0.25, 0.3) is 28.0 Å². The molecule has 1 saturated heterocycles. The first kappa shape index (κ1) is 54.7. The number of phenolic OH excluding ortho intramolecular Hbond substituents is 2. The SMILES string of the molecule is CCCCN(C)C(=O)c1cc(-c2nnc(C(=O)NCC)n2-c2ccc(CC3CCN(C(=O)OC4(CC)C(=O)OCC5=C4C(C)C4c6nc7ccc(OC(=O)OC(C)(C)C)cc7c(CC)c6CN4C5=O)CC3)cc2)c(O)cc1O. The van der Waals surface area contributed by atoms with E-state index in [2.05, 4.69) is 15.5 Å². The number of fused-ring (bicyclic) bond motifs is 4. The molecule has 0 saturated carbocycles. The average molecular weight is 1070 g/mol. The van der Waals surface area contributed by atoms with Gasteiger partial charge in [0, 0.05) is 68.4 Å². The predicted octanol–water partition coefficient (Wildman–Crippen LogP) is 8.52. The number of benzene rings is 3. The van der Waals surface area contributed by atoms with Crippen LogP contribution in [0, 0.1) is 11.8 Å². The van der Waals surface area contributed by atoms with Crippen LogP contribution in [0.5, 0.6) is 17.2 Å². The number of unbranched alkanes of at least 4 members (excludes halogenated alkanes) is 1. The molecule has 3 aromatic carbocycles. The number of piperidine rings is 1. The number of aromatic hydroxyl groups is 2. The molecule has 20 nitrogen and oxygen atoms in total. The van der Waals surface area contributed by atoms with Gasteiger partial charge < -0.3 is 49.2 Å². The lowest BCUT2D eigenvalue weighted by Gasteiger charge is -2.46. The molecule has 0 spiro atoms. The number of aryl methyl sites for hydroxylation is 1. The van der Waals surface area contributed by atoms with Gasteiger partial charge in [-0.1, -0.05) is 46.2 Å². The van der Waals surface area contributed by atoms with E-state index < -0.39 is 58.9 Å². The number of rotatable bonds is 14. The molecule has 0 bridgehead atoms. The summed E-state index contributed by atoms with van der Waals surface area (Å²) in [6.07, 6.45) is 2.72. The Bertz CT molecular complexity index is 3250. The molecule has 20 heteroatoms. The zero-order chi connectivity index (χ0) is 56.0. The second-order valence-corrected chi connectivity index (χ2v) is 21.5. The first-order valence-corrected chi connectivity index (χ1v) is 26.9. The lowest BCUT2D eigenvalue weighted by Crippen LogP contribution is -2.57. The Morgan fingerprint density at radius 1 is 0.949 bits per heavy atom. The van der Waals surface area contributed by atoms with Gasteiger partial charge in [-0.25, -0.2) is 14.4 Å². The van der Waals surface area contributed by atoms with Gasteiger partial charge in [0.25, 0.3) is 17.7 Å². The van der Waals surface area contributed by atoms with Crippen molar-refractivity contribution >= 4 is 46.8 Å². The third-order valence-corrected chi connectivity index (χ3v) is 15.3. The molecule has 0 aliphatic carbocycles. The molecular weight excluding hydrogens is 1000 g/mol. The first-order valence-electron chi connectivity index (χ1n) is 26.9. The topological polar surface area (TPSA) is 245 Å². The van der Waals surface area contributed by atoms with E-state index in [1.54, 1.807) is 69.7 Å². The first-order chi connectivity index (χ1) is 37.2. The lowest BCUT2D eigenvalue weighted by atomic mass is 9.72. The van der Waals surface area contributed by atoms with Crippen molar-refractivity contribution in [3.8, 4) is 34.3 Å². The van der Waals surface area contributed by atoms with Crippen LogP contribution in [0.1, 0.15) is 137 Å². The highest BCUT2D eigenvalue weighted by Crippen LogP contribution is 2.53. The summed E-state index contributed by atoms with van der Waals surface area (Å²) in [6, 6.07) is 14.6. The zero-order valence-electron chi connectivity index (χ0n) is 45.7. The number of carbonyl (C=O) groups is 6. The zero-order valence-corrected chi connectivity index (χ0v) is 45.7. The fourth-order valence-corrected chi connectivity index (χ4v) is 11.5. The molecule has 4 aliphatic heterocycles. The Labute approximate surface area is 452 Å². The fraction of sp³-hybridized carbons (Fsp3) is 0.466. The second-order valence-electron chi connectivity index (χ2n) is 21.5. The number of hydrogen-bond donors (Lipinski definition) is 3. The summed E-state index contributed by atoms with van der Waals surface area (Å²) < 4.78 is 24.5. The number of amides is 4. The molecule has 4 amide bonds. The van der Waals surface area contributed by atoms with Crippen LogP contribution in [-0.4, -0.2) is 132 Å². The fourth-order valence-electron chi connectivity index (χ4n) is 11.5. The minimum absolute atomic E-state index is 0.0367. The largest absolute Gasteiger partial charge is 0.514 e. The minimum Gasteiger partial charge on any atom is -0.507 e. The number of pyridine rings is 1. The van der Waals surface area contributed by atoms with Crippen LogP contribution < -0.4 is 10.1 Å². The molecule has 3 N–H and O–H groups in total. The third-order valence-electron chi connectivity index (χ3n) is 15.3. The summed E-state index contributed by atoms with van der Waals surface area (Å²) in [4.78, 5) is 92.4. The molecule has 3 atom stereocenters. The molecule has 5 aromatic rings. The molecule has 6 heterocycles. The van der Waals surface area contributed by atoms with E-state index >= 15 is 0 Å². The summed E-state index contributed by atoms with van der Waals surface area (Å²) in [7, 11) is 1.64. The number of aromatic nitrogens is 4. The normalized spacial score (nSPS) is 19.2. The van der Waals surface area contributed by atoms with Crippen molar-refractivity contribution in [1.82, 2.24) is 39.8 Å². The van der Waals surface area contributed by atoms with Gasteiger partial charge in [-0.3, -0.25) is 23.9 Å². The Balaban J connectivity index is 0.901. The van der Waals surface area contributed by atoms with E-state index in [-0.39, 0.29) is 59.9 Å². The van der Waals surface area contributed by atoms with Crippen molar-refractivity contribution in [2.24, 2.45) is 11.8 Å². The maximum absolute atomic E-state index is 14.6. The molecule has 0 radical (unpaired) electrons. The van der Waals surface area contributed by atoms with Crippen LogP contribution in [0.4, 0.5) is 9.59 Å². The molecule has 4 aliphatic rings. The number of ether oxygens (including phenoxy) is 4. The van der Waals surface area contributed by atoms with Gasteiger partial charge in [0.1, 0.15) is 29.5 Å². The third kappa shape index (κ3) is 10.2. The predicted molar refractivity (Wildman–Crippen MR) is 286 cm³/mol. The highest BCUT2D eigenvalue weighted by molar-refractivity contribution is 6.02. The number of likely N-dealkylation sites (tertiary alicyclic amines) is 1. The highest BCUT2D eigenvalue weighted by Gasteiger charge is 2.59. The van der Waals surface area contributed by atoms with Gasteiger partial charge in [0.15, 0.2) is 5.82 Å². The van der Waals surface area contributed by atoms with Gasteiger partial charge in [0.05, 0.1) is 34.0 Å². The molecule has 3 unspecified atom stereocenters. The van der Waals surface area contributed by atoms with E-state index in [4.69, 9.17) is 23.9 Å². The molecule has 78 heavy (non-hydrogen) atoms. The molecule has 2 aromatic heterocycles. The van der Waals surface area contributed by atoms with Crippen LogP contribution in [0.3, 0.4) is 0 Å². The van der Waals surface area contributed by atoms with E-state index in [1.165, 1.54) is 15.5 Å². The Morgan fingerprint density at radius 3 is 2.35 bits per heavy atom. The number of phenols is 2. The smallest absolute Gasteiger partial charge is 0.507 e. The highest BCUT2D eigenvalue weighted by atomic mass is 16.7. The number of nitrogens with one attached hydrogen (secondary N) is 1. The summed E-state index contributed by atoms with van der Waals surface area (Å²) in [5.41, 5.74) is 2.90. The monoisotopic (exact) mass is 1070 g/mol. The van der Waals surface area contributed by atoms with E-state index in [1.807, 2.05) is 45.0 Å². The average Bonchev–Trinajstić information content (AvgIpc) is 4.22. The number of cyclic esters (lactones) is 1. The molecular formula is C58H68N8O12. The Kier molecular flexibility index (Phi) is 15.3.